The van der Waals surface area contributed by atoms with E-state index in [1.54, 1.807) is 6.07 Å². The van der Waals surface area contributed by atoms with Gasteiger partial charge in [-0.25, -0.2) is 4.98 Å². The molecule has 4 aromatic rings. The minimum Gasteiger partial charge on any atom is -0.507 e. The first-order valence-corrected chi connectivity index (χ1v) is 9.15. The molecule has 0 saturated carbocycles. The monoisotopic (exact) mass is 423 g/mol. The molecule has 0 fully saturated rings. The van der Waals surface area contributed by atoms with Crippen molar-refractivity contribution in [2.45, 2.75) is 6.92 Å². The maximum Gasteiger partial charge on any atom is 0.270 e. The fourth-order valence-corrected chi connectivity index (χ4v) is 3.14. The van der Waals surface area contributed by atoms with E-state index < -0.39 is 10.8 Å². The van der Waals surface area contributed by atoms with Crippen molar-refractivity contribution in [3.8, 4) is 17.2 Å². The van der Waals surface area contributed by atoms with Crippen LogP contribution in [0.3, 0.4) is 0 Å². The van der Waals surface area contributed by atoms with Crippen LogP contribution in [0.4, 0.5) is 11.4 Å². The van der Waals surface area contributed by atoms with E-state index in [0.717, 1.165) is 11.6 Å². The molecule has 3 aromatic carbocycles. The molecule has 0 spiro atoms. The molecule has 0 aliphatic rings. The topological polar surface area (TPSA) is 118 Å². The molecular formula is C21H14ClN3O5. The Bertz CT molecular complexity index is 1320. The molecule has 0 aliphatic carbocycles. The summed E-state index contributed by atoms with van der Waals surface area (Å²) in [5, 5.41) is 23.9. The number of nitrogens with zero attached hydrogens (tertiary/aromatic N) is 2. The Morgan fingerprint density at radius 3 is 2.73 bits per heavy atom. The zero-order chi connectivity index (χ0) is 21.4. The largest absolute Gasteiger partial charge is 0.507 e. The summed E-state index contributed by atoms with van der Waals surface area (Å²) in [4.78, 5) is 27.3. The number of phenols is 1. The van der Waals surface area contributed by atoms with E-state index >= 15 is 0 Å². The van der Waals surface area contributed by atoms with Crippen LogP contribution in [0.25, 0.3) is 22.6 Å². The molecule has 0 saturated heterocycles. The van der Waals surface area contributed by atoms with Crippen LogP contribution in [0.15, 0.2) is 59.0 Å². The number of aryl methyl sites for hydroxylation is 1. The third-order valence-electron chi connectivity index (χ3n) is 4.43. The smallest absolute Gasteiger partial charge is 0.270 e. The third-order valence-corrected chi connectivity index (χ3v) is 4.76. The second-order valence-electron chi connectivity index (χ2n) is 6.60. The van der Waals surface area contributed by atoms with Gasteiger partial charge in [-0.2, -0.15) is 0 Å². The summed E-state index contributed by atoms with van der Waals surface area (Å²) in [6.07, 6.45) is 0. The van der Waals surface area contributed by atoms with E-state index in [-0.39, 0.29) is 33.5 Å². The average Bonchev–Trinajstić information content (AvgIpc) is 3.12. The number of oxazole rings is 1. The number of non-ortho nitro benzene ring substituents is 1. The van der Waals surface area contributed by atoms with Gasteiger partial charge in [-0.1, -0.05) is 17.7 Å². The summed E-state index contributed by atoms with van der Waals surface area (Å²) in [7, 11) is 0. The van der Waals surface area contributed by atoms with Crippen molar-refractivity contribution in [2.24, 2.45) is 0 Å². The highest BCUT2D eigenvalue weighted by atomic mass is 35.5. The van der Waals surface area contributed by atoms with Crippen LogP contribution in [-0.2, 0) is 0 Å². The zero-order valence-electron chi connectivity index (χ0n) is 15.5. The molecule has 1 aromatic heterocycles. The molecule has 30 heavy (non-hydrogen) atoms. The Kier molecular flexibility index (Phi) is 4.85. The first-order valence-electron chi connectivity index (χ1n) is 8.78. The van der Waals surface area contributed by atoms with Gasteiger partial charge in [0.15, 0.2) is 5.58 Å². The summed E-state index contributed by atoms with van der Waals surface area (Å²) in [5.74, 6) is -0.518. The maximum absolute atomic E-state index is 12.6. The van der Waals surface area contributed by atoms with Crippen molar-refractivity contribution in [1.82, 2.24) is 4.98 Å². The molecule has 9 heteroatoms. The zero-order valence-corrected chi connectivity index (χ0v) is 16.3. The molecule has 0 radical (unpaired) electrons. The number of amides is 1. The molecule has 2 N–H and O–H groups in total. The van der Waals surface area contributed by atoms with Crippen LogP contribution >= 0.6 is 11.6 Å². The molecule has 0 bridgehead atoms. The first-order chi connectivity index (χ1) is 14.3. The van der Waals surface area contributed by atoms with Crippen molar-refractivity contribution >= 4 is 40.0 Å². The van der Waals surface area contributed by atoms with Gasteiger partial charge in [0.2, 0.25) is 5.89 Å². The Labute approximate surface area is 174 Å². The van der Waals surface area contributed by atoms with Gasteiger partial charge in [0.25, 0.3) is 11.6 Å². The number of carbonyl (C=O) groups excluding carboxylic acids is 1. The normalized spacial score (nSPS) is 10.9. The SMILES string of the molecule is Cc1ccc2oc(-c3cc(NC(=O)c4cc([N+](=O)[O-])ccc4Cl)ccc3O)nc2c1. The van der Waals surface area contributed by atoms with Gasteiger partial charge in [0.1, 0.15) is 11.3 Å². The van der Waals surface area contributed by atoms with E-state index in [1.807, 2.05) is 19.1 Å². The van der Waals surface area contributed by atoms with E-state index in [1.165, 1.54) is 30.3 Å². The highest BCUT2D eigenvalue weighted by molar-refractivity contribution is 6.34. The first kappa shape index (κ1) is 19.4. The number of nitrogens with one attached hydrogen (secondary N) is 1. The van der Waals surface area contributed by atoms with Gasteiger partial charge in [-0.15, -0.1) is 0 Å². The van der Waals surface area contributed by atoms with Crippen LogP contribution in [0.1, 0.15) is 15.9 Å². The van der Waals surface area contributed by atoms with E-state index in [2.05, 4.69) is 10.3 Å². The number of hydrogen-bond donors (Lipinski definition) is 2. The van der Waals surface area contributed by atoms with Crippen LogP contribution in [-0.4, -0.2) is 20.9 Å². The second kappa shape index (κ2) is 7.49. The summed E-state index contributed by atoms with van der Waals surface area (Å²) >= 11 is 6.02. The van der Waals surface area contributed by atoms with E-state index in [0.29, 0.717) is 16.8 Å². The number of benzene rings is 3. The molecule has 0 unspecified atom stereocenters. The number of carbonyl (C=O) groups is 1. The van der Waals surface area contributed by atoms with Gasteiger partial charge in [0.05, 0.1) is 21.1 Å². The van der Waals surface area contributed by atoms with Crippen LogP contribution < -0.4 is 5.32 Å². The number of nitro benzene ring substituents is 1. The fraction of sp³-hybridized carbons (Fsp3) is 0.0476. The van der Waals surface area contributed by atoms with Crippen molar-refractivity contribution in [3.63, 3.8) is 0 Å². The highest BCUT2D eigenvalue weighted by Gasteiger charge is 2.18. The number of aromatic nitrogens is 1. The van der Waals surface area contributed by atoms with Crippen molar-refractivity contribution in [3.05, 3.63) is 80.9 Å². The Hall–Kier alpha value is -3.91. The number of anilines is 1. The lowest BCUT2D eigenvalue weighted by molar-refractivity contribution is -0.384. The van der Waals surface area contributed by atoms with Gasteiger partial charge in [-0.05, 0) is 48.9 Å². The molecule has 4 rings (SSSR count). The number of hydrogen-bond acceptors (Lipinski definition) is 6. The Morgan fingerprint density at radius 1 is 1.17 bits per heavy atom. The molecule has 8 nitrogen and oxygen atoms in total. The number of fused-ring (bicyclic) bond motifs is 1. The van der Waals surface area contributed by atoms with Crippen molar-refractivity contribution in [2.75, 3.05) is 5.32 Å². The van der Waals surface area contributed by atoms with E-state index in [4.69, 9.17) is 16.0 Å². The minimum absolute atomic E-state index is 0.0437. The molecule has 150 valence electrons. The molecular weight excluding hydrogens is 410 g/mol. The quantitative estimate of drug-likeness (QED) is 0.260. The van der Waals surface area contributed by atoms with E-state index in [9.17, 15) is 20.0 Å². The van der Waals surface area contributed by atoms with Crippen molar-refractivity contribution in [1.29, 1.82) is 0 Å². The van der Waals surface area contributed by atoms with Gasteiger partial charge < -0.3 is 14.8 Å². The highest BCUT2D eigenvalue weighted by Crippen LogP contribution is 2.34. The number of halogens is 1. The summed E-state index contributed by atoms with van der Waals surface area (Å²) < 4.78 is 5.72. The molecule has 0 aliphatic heterocycles. The van der Waals surface area contributed by atoms with Crippen molar-refractivity contribution < 1.29 is 19.2 Å². The number of nitro groups is 1. The lowest BCUT2D eigenvalue weighted by atomic mass is 10.1. The predicted octanol–water partition coefficient (Wildman–Crippen LogP) is 5.32. The summed E-state index contributed by atoms with van der Waals surface area (Å²) in [5.41, 5.74) is 2.53. The molecule has 1 amide bonds. The average molecular weight is 424 g/mol. The summed E-state index contributed by atoms with van der Waals surface area (Å²) in [6.45, 7) is 1.93. The molecule has 1 heterocycles. The van der Waals surface area contributed by atoms with Gasteiger partial charge >= 0.3 is 0 Å². The predicted molar refractivity (Wildman–Crippen MR) is 112 cm³/mol. The lowest BCUT2D eigenvalue weighted by Gasteiger charge is -2.09. The Morgan fingerprint density at radius 2 is 1.97 bits per heavy atom. The van der Waals surface area contributed by atoms with Gasteiger partial charge in [-0.3, -0.25) is 14.9 Å². The number of phenolic OH excluding ortho intramolecular Hbond substituents is 1. The summed E-state index contributed by atoms with van der Waals surface area (Å²) in [6, 6.07) is 13.5. The van der Waals surface area contributed by atoms with Crippen LogP contribution in [0, 0.1) is 17.0 Å². The third kappa shape index (κ3) is 3.68. The fourth-order valence-electron chi connectivity index (χ4n) is 2.94. The minimum atomic E-state index is -0.631. The molecule has 0 atom stereocenters. The Balaban J connectivity index is 1.67. The van der Waals surface area contributed by atoms with Crippen LogP contribution in [0.5, 0.6) is 5.75 Å². The maximum atomic E-state index is 12.6. The van der Waals surface area contributed by atoms with Gasteiger partial charge in [0, 0.05) is 17.8 Å². The van der Waals surface area contributed by atoms with Crippen LogP contribution in [0.2, 0.25) is 5.02 Å². The standard InChI is InChI=1S/C21H14ClN3O5/c1-11-2-7-19-17(8-11)24-21(30-19)15-9-12(3-6-18(15)26)23-20(27)14-10-13(25(28)29)4-5-16(14)22/h2-10,26H,1H3,(H,23,27). The lowest BCUT2D eigenvalue weighted by Crippen LogP contribution is -2.13. The second-order valence-corrected chi connectivity index (χ2v) is 7.00. The number of rotatable bonds is 4. The number of aromatic hydroxyl groups is 1.